The van der Waals surface area contributed by atoms with Gasteiger partial charge in [-0.2, -0.15) is 0 Å². The number of fused-ring (bicyclic) bond motifs is 1. The Morgan fingerprint density at radius 2 is 1.73 bits per heavy atom. The number of carbonyl (C=O) groups excluding carboxylic acids is 1. The molecule has 0 aliphatic carbocycles. The number of ether oxygens (including phenoxy) is 2. The lowest BCUT2D eigenvalue weighted by atomic mass is 10.1. The largest absolute Gasteiger partial charge is 0.491 e. The Kier molecular flexibility index (Phi) is 5.74. The summed E-state index contributed by atoms with van der Waals surface area (Å²) in [6, 6.07) is 21.7. The van der Waals surface area contributed by atoms with Gasteiger partial charge in [0.25, 0.3) is 5.91 Å². The van der Waals surface area contributed by atoms with Crippen molar-refractivity contribution in [1.29, 1.82) is 0 Å². The van der Waals surface area contributed by atoms with Gasteiger partial charge in [0.1, 0.15) is 18.1 Å². The Morgan fingerprint density at radius 1 is 1.00 bits per heavy atom. The van der Waals surface area contributed by atoms with E-state index in [1.54, 1.807) is 6.92 Å². The first-order valence-electron chi connectivity index (χ1n) is 8.75. The first-order chi connectivity index (χ1) is 12.6. The van der Waals surface area contributed by atoms with Crippen molar-refractivity contribution in [3.05, 3.63) is 72.3 Å². The molecule has 1 amide bonds. The van der Waals surface area contributed by atoms with E-state index in [0.717, 1.165) is 22.1 Å². The van der Waals surface area contributed by atoms with Crippen LogP contribution in [0.1, 0.15) is 12.5 Å². The highest BCUT2D eigenvalue weighted by molar-refractivity contribution is 5.84. The van der Waals surface area contributed by atoms with Gasteiger partial charge in [-0.15, -0.1) is 0 Å². The van der Waals surface area contributed by atoms with Gasteiger partial charge in [-0.3, -0.25) is 4.79 Å². The Hall–Kier alpha value is -3.01. The Morgan fingerprint density at radius 3 is 2.54 bits per heavy atom. The van der Waals surface area contributed by atoms with Crippen LogP contribution >= 0.6 is 0 Å². The van der Waals surface area contributed by atoms with Crippen LogP contribution in [0, 0.1) is 6.92 Å². The topological polar surface area (TPSA) is 47.6 Å². The molecule has 0 fully saturated rings. The van der Waals surface area contributed by atoms with Crippen molar-refractivity contribution < 1.29 is 14.3 Å². The summed E-state index contributed by atoms with van der Waals surface area (Å²) < 4.78 is 11.4. The summed E-state index contributed by atoms with van der Waals surface area (Å²) in [6.07, 6.45) is -0.574. The van der Waals surface area contributed by atoms with Crippen molar-refractivity contribution in [3.8, 4) is 11.5 Å². The van der Waals surface area contributed by atoms with Crippen molar-refractivity contribution in [2.24, 2.45) is 0 Å². The molecule has 0 spiro atoms. The van der Waals surface area contributed by atoms with Crippen LogP contribution in [0.2, 0.25) is 0 Å². The zero-order valence-electron chi connectivity index (χ0n) is 15.1. The summed E-state index contributed by atoms with van der Waals surface area (Å²) in [5.41, 5.74) is 1.08. The van der Waals surface area contributed by atoms with Gasteiger partial charge >= 0.3 is 0 Å². The molecule has 26 heavy (non-hydrogen) atoms. The van der Waals surface area contributed by atoms with Gasteiger partial charge in [-0.25, -0.2) is 0 Å². The Balaban J connectivity index is 1.47. The molecule has 1 unspecified atom stereocenters. The van der Waals surface area contributed by atoms with E-state index in [-0.39, 0.29) is 5.91 Å². The van der Waals surface area contributed by atoms with E-state index in [1.165, 1.54) is 0 Å². The fourth-order valence-electron chi connectivity index (χ4n) is 2.70. The third kappa shape index (κ3) is 4.54. The third-order valence-corrected chi connectivity index (χ3v) is 4.16. The highest BCUT2D eigenvalue weighted by Gasteiger charge is 2.14. The first-order valence-corrected chi connectivity index (χ1v) is 8.75. The number of nitrogens with one attached hydrogen (secondary N) is 1. The predicted octanol–water partition coefficient (Wildman–Crippen LogP) is 4.11. The van der Waals surface area contributed by atoms with Gasteiger partial charge in [0.2, 0.25) is 0 Å². The van der Waals surface area contributed by atoms with Crippen molar-refractivity contribution in [2.75, 3.05) is 13.2 Å². The summed E-state index contributed by atoms with van der Waals surface area (Å²) in [6.45, 7) is 4.58. The van der Waals surface area contributed by atoms with E-state index in [2.05, 4.69) is 5.32 Å². The molecule has 0 aliphatic rings. The standard InChI is InChI=1S/C22H23NO3/c1-16-7-3-6-10-21(16)25-14-13-23-22(24)17(2)26-20-12-11-18-8-4-5-9-19(18)15-20/h3-12,15,17H,13-14H2,1-2H3,(H,23,24). The number of aryl methyl sites for hydroxylation is 1. The zero-order chi connectivity index (χ0) is 18.4. The molecule has 0 heterocycles. The number of benzene rings is 3. The summed E-state index contributed by atoms with van der Waals surface area (Å²) in [5, 5.41) is 5.07. The average Bonchev–Trinajstić information content (AvgIpc) is 2.66. The van der Waals surface area contributed by atoms with Crippen molar-refractivity contribution >= 4 is 16.7 Å². The summed E-state index contributed by atoms with van der Waals surface area (Å²) in [5.74, 6) is 1.36. The number of hydrogen-bond donors (Lipinski definition) is 1. The molecule has 0 saturated heterocycles. The predicted molar refractivity (Wildman–Crippen MR) is 104 cm³/mol. The lowest BCUT2D eigenvalue weighted by molar-refractivity contribution is -0.127. The van der Waals surface area contributed by atoms with Gasteiger partial charge < -0.3 is 14.8 Å². The molecule has 4 heteroatoms. The molecular formula is C22H23NO3. The maximum atomic E-state index is 12.2. The Bertz CT molecular complexity index is 891. The molecule has 3 aromatic rings. The normalized spacial score (nSPS) is 11.8. The monoisotopic (exact) mass is 349 g/mol. The second-order valence-corrected chi connectivity index (χ2v) is 6.17. The van der Waals surface area contributed by atoms with Crippen molar-refractivity contribution in [2.45, 2.75) is 20.0 Å². The van der Waals surface area contributed by atoms with Crippen LogP contribution < -0.4 is 14.8 Å². The molecule has 134 valence electrons. The molecule has 1 N–H and O–H groups in total. The number of carbonyl (C=O) groups is 1. The summed E-state index contributed by atoms with van der Waals surface area (Å²) in [7, 11) is 0. The minimum absolute atomic E-state index is 0.161. The van der Waals surface area contributed by atoms with Crippen molar-refractivity contribution in [3.63, 3.8) is 0 Å². The van der Waals surface area contributed by atoms with Crippen LogP contribution in [-0.2, 0) is 4.79 Å². The van der Waals surface area contributed by atoms with E-state index in [1.807, 2.05) is 73.7 Å². The molecule has 3 rings (SSSR count). The van der Waals surface area contributed by atoms with Gasteiger partial charge in [-0.05, 0) is 48.4 Å². The van der Waals surface area contributed by atoms with Crippen LogP contribution in [0.4, 0.5) is 0 Å². The van der Waals surface area contributed by atoms with Crippen LogP contribution in [-0.4, -0.2) is 25.2 Å². The second kappa shape index (κ2) is 8.39. The maximum absolute atomic E-state index is 12.2. The summed E-state index contributed by atoms with van der Waals surface area (Å²) >= 11 is 0. The minimum Gasteiger partial charge on any atom is -0.491 e. The number of rotatable bonds is 7. The molecule has 0 radical (unpaired) electrons. The molecule has 3 aromatic carbocycles. The molecule has 0 bridgehead atoms. The quantitative estimate of drug-likeness (QED) is 0.653. The average molecular weight is 349 g/mol. The Labute approximate surface area is 153 Å². The number of amides is 1. The first kappa shape index (κ1) is 17.8. The smallest absolute Gasteiger partial charge is 0.260 e. The SMILES string of the molecule is Cc1ccccc1OCCNC(=O)C(C)Oc1ccc2ccccc2c1. The second-order valence-electron chi connectivity index (χ2n) is 6.17. The van der Waals surface area contributed by atoms with Gasteiger partial charge in [0.15, 0.2) is 6.10 Å². The molecular weight excluding hydrogens is 326 g/mol. The van der Waals surface area contributed by atoms with Crippen LogP contribution in [0.5, 0.6) is 11.5 Å². The number of hydrogen-bond acceptors (Lipinski definition) is 3. The van der Waals surface area contributed by atoms with E-state index in [9.17, 15) is 4.79 Å². The van der Waals surface area contributed by atoms with Crippen LogP contribution in [0.25, 0.3) is 10.8 Å². The highest BCUT2D eigenvalue weighted by atomic mass is 16.5. The van der Waals surface area contributed by atoms with Gasteiger partial charge in [0, 0.05) is 0 Å². The van der Waals surface area contributed by atoms with Crippen molar-refractivity contribution in [1.82, 2.24) is 5.32 Å². The minimum atomic E-state index is -0.574. The highest BCUT2D eigenvalue weighted by Crippen LogP contribution is 2.21. The van der Waals surface area contributed by atoms with E-state index in [0.29, 0.717) is 18.9 Å². The molecule has 0 saturated carbocycles. The fourth-order valence-corrected chi connectivity index (χ4v) is 2.70. The van der Waals surface area contributed by atoms with E-state index >= 15 is 0 Å². The molecule has 4 nitrogen and oxygen atoms in total. The zero-order valence-corrected chi connectivity index (χ0v) is 15.1. The molecule has 0 aromatic heterocycles. The van der Waals surface area contributed by atoms with Crippen LogP contribution in [0.15, 0.2) is 66.7 Å². The number of para-hydroxylation sites is 1. The van der Waals surface area contributed by atoms with E-state index in [4.69, 9.17) is 9.47 Å². The lowest BCUT2D eigenvalue weighted by Crippen LogP contribution is -2.38. The molecule has 0 aliphatic heterocycles. The van der Waals surface area contributed by atoms with E-state index < -0.39 is 6.10 Å². The maximum Gasteiger partial charge on any atom is 0.260 e. The summed E-state index contributed by atoms with van der Waals surface area (Å²) in [4.78, 5) is 12.2. The molecule has 1 atom stereocenters. The lowest BCUT2D eigenvalue weighted by Gasteiger charge is -2.15. The van der Waals surface area contributed by atoms with Crippen LogP contribution in [0.3, 0.4) is 0 Å². The van der Waals surface area contributed by atoms with Gasteiger partial charge in [0.05, 0.1) is 6.54 Å². The third-order valence-electron chi connectivity index (χ3n) is 4.16. The van der Waals surface area contributed by atoms with Gasteiger partial charge in [-0.1, -0.05) is 48.5 Å². The fraction of sp³-hybridized carbons (Fsp3) is 0.227.